The summed E-state index contributed by atoms with van der Waals surface area (Å²) >= 11 is 0. The lowest BCUT2D eigenvalue weighted by Crippen LogP contribution is -2.57. The van der Waals surface area contributed by atoms with E-state index < -0.39 is 21.6 Å². The number of nitrogens with zero attached hydrogens (tertiary/aromatic N) is 2. The Kier molecular flexibility index (Phi) is 7.73. The molecule has 0 amide bonds. The second kappa shape index (κ2) is 9.71. The molecule has 188 valence electrons. The molecule has 0 unspecified atom stereocenters. The third-order valence-electron chi connectivity index (χ3n) is 7.24. The van der Waals surface area contributed by atoms with Crippen LogP contribution in [0, 0.1) is 11.8 Å². The molecule has 1 saturated carbocycles. The molecule has 3 rings (SSSR count). The lowest BCUT2D eigenvalue weighted by molar-refractivity contribution is -0.272. The summed E-state index contributed by atoms with van der Waals surface area (Å²) in [6, 6.07) is 5.26. The highest BCUT2D eigenvalue weighted by Crippen LogP contribution is 2.43. The number of hydrogen-bond acceptors (Lipinski definition) is 6. The first kappa shape index (κ1) is 26.2. The van der Waals surface area contributed by atoms with E-state index in [-0.39, 0.29) is 36.3 Å². The van der Waals surface area contributed by atoms with Gasteiger partial charge in [-0.15, -0.1) is 0 Å². The second-order valence-corrected chi connectivity index (χ2v) is 11.9. The van der Waals surface area contributed by atoms with Crippen molar-refractivity contribution >= 4 is 15.5 Å². The first-order valence-electron chi connectivity index (χ1n) is 11.5. The average molecular weight is 493 g/mol. The zero-order valence-electron chi connectivity index (χ0n) is 19.5. The first-order valence-corrected chi connectivity index (χ1v) is 13.4. The average Bonchev–Trinajstić information content (AvgIpc) is 2.73. The standard InChI is InChI=1S/C23H35F3N2O4S/c1-16(2)20-14-27(19-5-4-18(15-29)21(12-19)33(3,31)32)10-11-28(20)13-17-6-8-22(30,9-7-17)23(24,25)26/h4-5,12,16-17,20,29-30H,6-11,13-15H2,1-3H3/t17?,20-,22?/m1/s1. The van der Waals surface area contributed by atoms with E-state index in [1.165, 1.54) is 0 Å². The highest BCUT2D eigenvalue weighted by molar-refractivity contribution is 7.90. The molecule has 2 N–H and O–H groups in total. The molecule has 1 saturated heterocycles. The molecule has 1 heterocycles. The van der Waals surface area contributed by atoms with Gasteiger partial charge in [-0.05, 0) is 55.2 Å². The summed E-state index contributed by atoms with van der Waals surface area (Å²) in [4.78, 5) is 4.61. The van der Waals surface area contributed by atoms with Gasteiger partial charge in [0.15, 0.2) is 15.4 Å². The molecule has 10 heteroatoms. The smallest absolute Gasteiger partial charge is 0.392 e. The number of aliphatic hydroxyl groups excluding tert-OH is 1. The quantitative estimate of drug-likeness (QED) is 0.635. The molecule has 1 aromatic carbocycles. The summed E-state index contributed by atoms with van der Waals surface area (Å²) in [6.45, 7) is 6.64. The van der Waals surface area contributed by atoms with Crippen molar-refractivity contribution in [3.8, 4) is 0 Å². The normalized spacial score (nSPS) is 27.8. The number of anilines is 1. The molecule has 0 radical (unpaired) electrons. The summed E-state index contributed by atoms with van der Waals surface area (Å²) in [5.74, 6) is 0.413. The number of benzene rings is 1. The summed E-state index contributed by atoms with van der Waals surface area (Å²) in [6.07, 6.45) is -3.26. The molecule has 1 aromatic rings. The Labute approximate surface area is 194 Å². The van der Waals surface area contributed by atoms with Gasteiger partial charge >= 0.3 is 6.18 Å². The Morgan fingerprint density at radius 2 is 1.82 bits per heavy atom. The van der Waals surface area contributed by atoms with Gasteiger partial charge in [-0.1, -0.05) is 19.9 Å². The van der Waals surface area contributed by atoms with Crippen LogP contribution < -0.4 is 4.90 Å². The molecule has 1 atom stereocenters. The maximum Gasteiger partial charge on any atom is 0.417 e. The molecule has 0 spiro atoms. The van der Waals surface area contributed by atoms with Crippen molar-refractivity contribution < 1.29 is 31.8 Å². The fourth-order valence-corrected chi connectivity index (χ4v) is 6.05. The fourth-order valence-electron chi connectivity index (χ4n) is 5.11. The van der Waals surface area contributed by atoms with Gasteiger partial charge in [0.05, 0.1) is 11.5 Å². The number of rotatable bonds is 6. The van der Waals surface area contributed by atoms with Crippen LogP contribution in [0.1, 0.15) is 45.1 Å². The lowest BCUT2D eigenvalue weighted by atomic mass is 9.78. The zero-order chi connectivity index (χ0) is 24.6. The minimum Gasteiger partial charge on any atom is -0.392 e. The minimum atomic E-state index is -4.58. The van der Waals surface area contributed by atoms with Crippen molar-refractivity contribution in [3.05, 3.63) is 23.8 Å². The van der Waals surface area contributed by atoms with Gasteiger partial charge in [-0.3, -0.25) is 4.90 Å². The van der Waals surface area contributed by atoms with Gasteiger partial charge in [0, 0.05) is 44.2 Å². The number of sulfone groups is 1. The predicted octanol–water partition coefficient (Wildman–Crippen LogP) is 3.21. The van der Waals surface area contributed by atoms with Crippen molar-refractivity contribution in [2.24, 2.45) is 11.8 Å². The molecule has 6 nitrogen and oxygen atoms in total. The molecular weight excluding hydrogens is 457 g/mol. The van der Waals surface area contributed by atoms with Crippen LogP contribution in [0.4, 0.5) is 18.9 Å². The topological polar surface area (TPSA) is 81.1 Å². The van der Waals surface area contributed by atoms with E-state index in [0.717, 1.165) is 18.5 Å². The molecule has 1 aliphatic carbocycles. The van der Waals surface area contributed by atoms with E-state index >= 15 is 0 Å². The van der Waals surface area contributed by atoms with E-state index in [9.17, 15) is 31.8 Å². The van der Waals surface area contributed by atoms with E-state index in [1.54, 1.807) is 12.1 Å². The predicted molar refractivity (Wildman–Crippen MR) is 121 cm³/mol. The molecule has 2 aliphatic rings. The SMILES string of the molecule is CC(C)[C@H]1CN(c2ccc(CO)c(S(C)(=O)=O)c2)CCN1CC1CCC(O)(C(F)(F)F)CC1. The Morgan fingerprint density at radius 3 is 2.33 bits per heavy atom. The summed E-state index contributed by atoms with van der Waals surface area (Å²) < 4.78 is 63.7. The van der Waals surface area contributed by atoms with Crippen molar-refractivity contribution in [3.63, 3.8) is 0 Å². The van der Waals surface area contributed by atoms with Crippen LogP contribution in [0.15, 0.2) is 23.1 Å². The molecule has 33 heavy (non-hydrogen) atoms. The number of halogens is 3. The highest BCUT2D eigenvalue weighted by Gasteiger charge is 2.54. The maximum atomic E-state index is 13.1. The van der Waals surface area contributed by atoms with E-state index in [1.807, 2.05) is 6.07 Å². The number of alkyl halides is 3. The van der Waals surface area contributed by atoms with Gasteiger partial charge < -0.3 is 15.1 Å². The molecule has 1 aliphatic heterocycles. The Morgan fingerprint density at radius 1 is 1.18 bits per heavy atom. The third kappa shape index (κ3) is 5.83. The van der Waals surface area contributed by atoms with Gasteiger partial charge in [0.2, 0.25) is 0 Å². The van der Waals surface area contributed by atoms with Gasteiger partial charge in [0.1, 0.15) is 0 Å². The number of hydrogen-bond donors (Lipinski definition) is 2. The van der Waals surface area contributed by atoms with Crippen molar-refractivity contribution in [2.45, 2.75) is 68.9 Å². The summed E-state index contributed by atoms with van der Waals surface area (Å²) in [5.41, 5.74) is -1.40. The van der Waals surface area contributed by atoms with Crippen LogP contribution in [0.25, 0.3) is 0 Å². The monoisotopic (exact) mass is 492 g/mol. The third-order valence-corrected chi connectivity index (χ3v) is 8.42. The molecule has 0 aromatic heterocycles. The maximum absolute atomic E-state index is 13.1. The van der Waals surface area contributed by atoms with E-state index in [2.05, 4.69) is 23.6 Å². The van der Waals surface area contributed by atoms with Crippen LogP contribution in [0.3, 0.4) is 0 Å². The number of aliphatic hydroxyl groups is 2. The Bertz CT molecular complexity index is 928. The fraction of sp³-hybridized carbons (Fsp3) is 0.739. The van der Waals surface area contributed by atoms with Crippen molar-refractivity contribution in [1.29, 1.82) is 0 Å². The van der Waals surface area contributed by atoms with Crippen LogP contribution >= 0.6 is 0 Å². The summed E-state index contributed by atoms with van der Waals surface area (Å²) in [7, 11) is -3.48. The van der Waals surface area contributed by atoms with Crippen LogP contribution in [0.5, 0.6) is 0 Å². The number of piperazine rings is 1. The van der Waals surface area contributed by atoms with Crippen LogP contribution in [0.2, 0.25) is 0 Å². The van der Waals surface area contributed by atoms with Crippen LogP contribution in [-0.2, 0) is 16.4 Å². The Hall–Kier alpha value is -1.36. The first-order chi connectivity index (χ1) is 15.2. The molecular formula is C23H35F3N2O4S. The van der Waals surface area contributed by atoms with Crippen LogP contribution in [-0.4, -0.2) is 73.8 Å². The lowest BCUT2D eigenvalue weighted by Gasteiger charge is -2.46. The summed E-state index contributed by atoms with van der Waals surface area (Å²) in [5, 5.41) is 19.4. The van der Waals surface area contributed by atoms with Crippen molar-refractivity contribution in [1.82, 2.24) is 4.90 Å². The van der Waals surface area contributed by atoms with E-state index in [0.29, 0.717) is 44.0 Å². The zero-order valence-corrected chi connectivity index (χ0v) is 20.3. The molecule has 2 fully saturated rings. The van der Waals surface area contributed by atoms with Gasteiger partial charge in [0.25, 0.3) is 0 Å². The van der Waals surface area contributed by atoms with Crippen molar-refractivity contribution in [2.75, 3.05) is 37.3 Å². The van der Waals surface area contributed by atoms with E-state index in [4.69, 9.17) is 0 Å². The van der Waals surface area contributed by atoms with Gasteiger partial charge in [-0.2, -0.15) is 13.2 Å². The Balaban J connectivity index is 1.69. The largest absolute Gasteiger partial charge is 0.417 e. The highest BCUT2D eigenvalue weighted by atomic mass is 32.2. The molecule has 0 bridgehead atoms. The second-order valence-electron chi connectivity index (χ2n) is 9.95. The minimum absolute atomic E-state index is 0.112. The van der Waals surface area contributed by atoms with Gasteiger partial charge in [-0.25, -0.2) is 8.42 Å².